The fraction of sp³-hybridized carbons (Fsp3) is 0.842. The number of carbonyl (C=O) groups excluding carboxylic acids is 3. The van der Waals surface area contributed by atoms with Gasteiger partial charge in [0.25, 0.3) is 0 Å². The molecule has 0 saturated heterocycles. The highest BCUT2D eigenvalue weighted by atomic mass is 16.6. The molecule has 6 heteroatoms. The second kappa shape index (κ2) is 52.3. The molecule has 0 bridgehead atoms. The molecule has 368 valence electrons. The molecular weight excluding hydrogens is 781 g/mol. The molecule has 0 N–H and O–H groups in total. The van der Waals surface area contributed by atoms with Crippen LogP contribution >= 0.6 is 0 Å². The van der Waals surface area contributed by atoms with Gasteiger partial charge in [-0.15, -0.1) is 0 Å². The summed E-state index contributed by atoms with van der Waals surface area (Å²) in [5.41, 5.74) is 0. The molecule has 0 aromatic rings. The Morgan fingerprint density at radius 3 is 0.968 bits per heavy atom. The molecule has 0 aliphatic heterocycles. The smallest absolute Gasteiger partial charge is 0.306 e. The van der Waals surface area contributed by atoms with Crippen LogP contribution in [0, 0.1) is 0 Å². The van der Waals surface area contributed by atoms with Gasteiger partial charge in [0, 0.05) is 19.3 Å². The van der Waals surface area contributed by atoms with Gasteiger partial charge in [-0.1, -0.05) is 237 Å². The largest absolute Gasteiger partial charge is 0.462 e. The second-order valence-corrected chi connectivity index (χ2v) is 18.5. The van der Waals surface area contributed by atoms with Gasteiger partial charge in [-0.2, -0.15) is 0 Å². The average molecular weight is 885 g/mol. The summed E-state index contributed by atoms with van der Waals surface area (Å²) >= 11 is 0. The summed E-state index contributed by atoms with van der Waals surface area (Å²) in [6.07, 6.45) is 61.3. The molecule has 1 unspecified atom stereocenters. The minimum absolute atomic E-state index is 0.0773. The van der Waals surface area contributed by atoms with E-state index >= 15 is 0 Å². The Morgan fingerprint density at radius 1 is 0.317 bits per heavy atom. The molecule has 0 rings (SSSR count). The van der Waals surface area contributed by atoms with Gasteiger partial charge >= 0.3 is 17.9 Å². The summed E-state index contributed by atoms with van der Waals surface area (Å²) in [7, 11) is 0. The molecular formula is C57H104O6. The summed E-state index contributed by atoms with van der Waals surface area (Å²) in [4.78, 5) is 38.0. The van der Waals surface area contributed by atoms with Gasteiger partial charge in [-0.3, -0.25) is 14.4 Å². The summed E-state index contributed by atoms with van der Waals surface area (Å²) in [6.45, 7) is 6.59. The Labute approximate surface area is 391 Å². The zero-order chi connectivity index (χ0) is 45.8. The van der Waals surface area contributed by atoms with E-state index < -0.39 is 6.10 Å². The van der Waals surface area contributed by atoms with Crippen molar-refractivity contribution < 1.29 is 28.6 Å². The highest BCUT2D eigenvalue weighted by molar-refractivity contribution is 5.71. The van der Waals surface area contributed by atoms with E-state index in [1.807, 2.05) is 0 Å². The number of unbranched alkanes of at least 4 members (excludes halogenated alkanes) is 33. The van der Waals surface area contributed by atoms with E-state index in [4.69, 9.17) is 14.2 Å². The van der Waals surface area contributed by atoms with Crippen molar-refractivity contribution in [2.75, 3.05) is 13.2 Å². The number of esters is 3. The number of hydrogen-bond acceptors (Lipinski definition) is 6. The van der Waals surface area contributed by atoms with Gasteiger partial charge in [0.2, 0.25) is 0 Å². The number of allylic oxidation sites excluding steroid dienone is 6. The third-order valence-corrected chi connectivity index (χ3v) is 12.1. The lowest BCUT2D eigenvalue weighted by Crippen LogP contribution is -2.30. The van der Waals surface area contributed by atoms with Crippen LogP contribution in [-0.4, -0.2) is 37.2 Å². The number of ether oxygens (including phenoxy) is 3. The predicted molar refractivity (Wildman–Crippen MR) is 270 cm³/mol. The first-order chi connectivity index (χ1) is 31.0. The first-order valence-corrected chi connectivity index (χ1v) is 27.5. The van der Waals surface area contributed by atoms with Gasteiger partial charge in [-0.05, 0) is 70.6 Å². The molecule has 0 radical (unpaired) electrons. The Morgan fingerprint density at radius 2 is 0.587 bits per heavy atom. The normalized spacial score (nSPS) is 12.2. The van der Waals surface area contributed by atoms with Crippen molar-refractivity contribution in [2.45, 2.75) is 297 Å². The molecule has 0 fully saturated rings. The molecule has 6 nitrogen and oxygen atoms in total. The topological polar surface area (TPSA) is 78.9 Å². The third-order valence-electron chi connectivity index (χ3n) is 12.1. The third kappa shape index (κ3) is 50.5. The first-order valence-electron chi connectivity index (χ1n) is 27.5. The quantitative estimate of drug-likeness (QED) is 0.0262. The lowest BCUT2D eigenvalue weighted by atomic mass is 10.0. The zero-order valence-electron chi connectivity index (χ0n) is 42.1. The lowest BCUT2D eigenvalue weighted by Gasteiger charge is -2.18. The highest BCUT2D eigenvalue weighted by Crippen LogP contribution is 2.16. The van der Waals surface area contributed by atoms with Crippen LogP contribution in [0.3, 0.4) is 0 Å². The van der Waals surface area contributed by atoms with Crippen LogP contribution in [0.25, 0.3) is 0 Å². The van der Waals surface area contributed by atoms with E-state index in [0.29, 0.717) is 19.3 Å². The van der Waals surface area contributed by atoms with E-state index in [1.165, 1.54) is 161 Å². The van der Waals surface area contributed by atoms with Gasteiger partial charge in [0.1, 0.15) is 13.2 Å². The van der Waals surface area contributed by atoms with Crippen LogP contribution < -0.4 is 0 Å². The maximum absolute atomic E-state index is 12.8. The Balaban J connectivity index is 4.31. The van der Waals surface area contributed by atoms with Crippen molar-refractivity contribution in [1.29, 1.82) is 0 Å². The van der Waals surface area contributed by atoms with E-state index in [9.17, 15) is 14.4 Å². The van der Waals surface area contributed by atoms with Gasteiger partial charge in [0.15, 0.2) is 6.10 Å². The SMILES string of the molecule is CCCC/C=C\C/C=C\CCCCCCCC(=O)OC(COC(=O)CCCCCCC/C=C\CCCCC)COC(=O)CCCCCCCCCCCCCCCCCCCCC. The second-order valence-electron chi connectivity index (χ2n) is 18.5. The first kappa shape index (κ1) is 60.6. The Bertz CT molecular complexity index is 1060. The molecule has 0 amide bonds. The molecule has 0 heterocycles. The van der Waals surface area contributed by atoms with Crippen LogP contribution in [0.4, 0.5) is 0 Å². The molecule has 63 heavy (non-hydrogen) atoms. The molecule has 0 aromatic carbocycles. The lowest BCUT2D eigenvalue weighted by molar-refractivity contribution is -0.167. The van der Waals surface area contributed by atoms with Crippen LogP contribution in [-0.2, 0) is 28.6 Å². The molecule has 0 spiro atoms. The highest BCUT2D eigenvalue weighted by Gasteiger charge is 2.19. The van der Waals surface area contributed by atoms with Crippen molar-refractivity contribution in [3.63, 3.8) is 0 Å². The maximum atomic E-state index is 12.8. The van der Waals surface area contributed by atoms with E-state index in [2.05, 4.69) is 57.2 Å². The summed E-state index contributed by atoms with van der Waals surface area (Å²) < 4.78 is 16.8. The maximum Gasteiger partial charge on any atom is 0.306 e. The van der Waals surface area contributed by atoms with Gasteiger partial charge in [0.05, 0.1) is 0 Å². The van der Waals surface area contributed by atoms with E-state index in [0.717, 1.165) is 89.9 Å². The number of hydrogen-bond donors (Lipinski definition) is 0. The number of rotatable bonds is 50. The van der Waals surface area contributed by atoms with Crippen LogP contribution in [0.15, 0.2) is 36.5 Å². The molecule has 0 aliphatic rings. The monoisotopic (exact) mass is 885 g/mol. The summed E-state index contributed by atoms with van der Waals surface area (Å²) in [6, 6.07) is 0. The van der Waals surface area contributed by atoms with Gasteiger partial charge < -0.3 is 14.2 Å². The van der Waals surface area contributed by atoms with Crippen LogP contribution in [0.2, 0.25) is 0 Å². The molecule has 1 atom stereocenters. The van der Waals surface area contributed by atoms with Crippen molar-refractivity contribution >= 4 is 17.9 Å². The predicted octanol–water partition coefficient (Wildman–Crippen LogP) is 18.1. The summed E-state index contributed by atoms with van der Waals surface area (Å²) in [5, 5.41) is 0. The number of carbonyl (C=O) groups is 3. The zero-order valence-corrected chi connectivity index (χ0v) is 42.1. The van der Waals surface area contributed by atoms with Crippen LogP contribution in [0.5, 0.6) is 0 Å². The minimum Gasteiger partial charge on any atom is -0.462 e. The fourth-order valence-electron chi connectivity index (χ4n) is 7.93. The fourth-order valence-corrected chi connectivity index (χ4v) is 7.93. The van der Waals surface area contributed by atoms with Crippen LogP contribution in [0.1, 0.15) is 290 Å². The Hall–Kier alpha value is -2.37. The molecule has 0 saturated carbocycles. The van der Waals surface area contributed by atoms with E-state index in [-0.39, 0.29) is 31.1 Å². The molecule has 0 aromatic heterocycles. The van der Waals surface area contributed by atoms with Crippen molar-refractivity contribution in [1.82, 2.24) is 0 Å². The summed E-state index contributed by atoms with van der Waals surface area (Å²) in [5.74, 6) is -0.888. The molecule has 0 aliphatic carbocycles. The Kier molecular flexibility index (Phi) is 50.3. The van der Waals surface area contributed by atoms with Crippen molar-refractivity contribution in [3.05, 3.63) is 36.5 Å². The van der Waals surface area contributed by atoms with Gasteiger partial charge in [-0.25, -0.2) is 0 Å². The van der Waals surface area contributed by atoms with E-state index in [1.54, 1.807) is 0 Å². The van der Waals surface area contributed by atoms with Crippen molar-refractivity contribution in [3.8, 4) is 0 Å². The standard InChI is InChI=1S/C57H104O6/c1-4-7-10-13-16-19-22-25-27-28-29-30-31-33-35-38-41-44-47-50-56(59)62-53-54(52-61-55(58)49-46-43-40-37-34-24-21-18-15-12-9-6-3)63-57(60)51-48-45-42-39-36-32-26-23-20-17-14-11-8-5-2/h14,17-18,21,23,26,54H,4-13,15-16,19-20,22,24-25,27-53H2,1-3H3/b17-14-,21-18-,26-23-. The minimum atomic E-state index is -0.779. The van der Waals surface area contributed by atoms with Crippen molar-refractivity contribution in [2.24, 2.45) is 0 Å². The average Bonchev–Trinajstić information content (AvgIpc) is 3.28.